The van der Waals surface area contributed by atoms with E-state index in [1.807, 2.05) is 10.8 Å². The van der Waals surface area contributed by atoms with Crippen molar-refractivity contribution in [2.45, 2.75) is 24.9 Å². The summed E-state index contributed by atoms with van der Waals surface area (Å²) in [4.78, 5) is 8.18. The van der Waals surface area contributed by atoms with Crippen LogP contribution >= 0.6 is 34.2 Å². The fraction of sp³-hybridized carbons (Fsp3) is 0.455. The molecule has 0 saturated carbocycles. The highest BCUT2D eigenvalue weighted by atomic mass is 127. The topological polar surface area (TPSA) is 80.4 Å². The van der Waals surface area contributed by atoms with E-state index in [-0.39, 0.29) is 12.8 Å². The SMILES string of the molecule is OC[C@@H]1O[C@H](n2cc(I)c3c(Cl)ncnc32)C[C@@H]1O. The lowest BCUT2D eigenvalue weighted by Crippen LogP contribution is -2.24. The van der Waals surface area contributed by atoms with E-state index in [9.17, 15) is 5.11 Å². The molecule has 102 valence electrons. The van der Waals surface area contributed by atoms with E-state index < -0.39 is 12.2 Å². The van der Waals surface area contributed by atoms with Gasteiger partial charge in [-0.15, -0.1) is 0 Å². The quantitative estimate of drug-likeness (QED) is 0.592. The van der Waals surface area contributed by atoms with Crippen LogP contribution < -0.4 is 0 Å². The van der Waals surface area contributed by atoms with Crippen molar-refractivity contribution in [2.24, 2.45) is 0 Å². The van der Waals surface area contributed by atoms with Gasteiger partial charge in [-0.1, -0.05) is 11.6 Å². The molecular weight excluding hydrogens is 384 g/mol. The zero-order chi connectivity index (χ0) is 13.6. The van der Waals surface area contributed by atoms with E-state index in [1.54, 1.807) is 0 Å². The molecule has 1 saturated heterocycles. The van der Waals surface area contributed by atoms with Gasteiger partial charge in [0, 0.05) is 16.2 Å². The predicted octanol–water partition coefficient (Wildman–Crippen LogP) is 1.33. The van der Waals surface area contributed by atoms with E-state index in [2.05, 4.69) is 32.6 Å². The third-order valence-electron chi connectivity index (χ3n) is 3.21. The van der Waals surface area contributed by atoms with Crippen LogP contribution in [0.1, 0.15) is 12.6 Å². The van der Waals surface area contributed by atoms with Crippen LogP contribution in [-0.2, 0) is 4.74 Å². The molecular formula is C11H11ClIN3O3. The molecule has 3 atom stereocenters. The van der Waals surface area contributed by atoms with Crippen molar-refractivity contribution in [3.05, 3.63) is 21.2 Å². The lowest BCUT2D eigenvalue weighted by Gasteiger charge is -2.14. The number of hydrogen-bond donors (Lipinski definition) is 2. The molecule has 0 unspecified atom stereocenters. The molecule has 0 amide bonds. The summed E-state index contributed by atoms with van der Waals surface area (Å²) in [7, 11) is 0. The lowest BCUT2D eigenvalue weighted by molar-refractivity contribution is -0.0430. The molecule has 1 aliphatic rings. The number of aliphatic hydroxyl groups excluding tert-OH is 2. The van der Waals surface area contributed by atoms with Gasteiger partial charge in [-0.05, 0) is 22.6 Å². The van der Waals surface area contributed by atoms with Crippen LogP contribution in [-0.4, -0.2) is 43.6 Å². The summed E-state index contributed by atoms with van der Waals surface area (Å²) in [6, 6.07) is 0. The Hall–Kier alpha value is -0.480. The van der Waals surface area contributed by atoms with Crippen LogP contribution in [0, 0.1) is 3.57 Å². The molecule has 0 aliphatic carbocycles. The Morgan fingerprint density at radius 3 is 3.00 bits per heavy atom. The van der Waals surface area contributed by atoms with E-state index in [1.165, 1.54) is 6.33 Å². The van der Waals surface area contributed by atoms with Gasteiger partial charge >= 0.3 is 0 Å². The zero-order valence-electron chi connectivity index (χ0n) is 9.70. The van der Waals surface area contributed by atoms with Crippen molar-refractivity contribution in [3.63, 3.8) is 0 Å². The first kappa shape index (κ1) is 13.5. The molecule has 19 heavy (non-hydrogen) atoms. The minimum atomic E-state index is -0.678. The van der Waals surface area contributed by atoms with Crippen molar-refractivity contribution >= 4 is 45.2 Å². The number of fused-ring (bicyclic) bond motifs is 1. The first-order valence-electron chi connectivity index (χ1n) is 5.72. The second-order valence-corrected chi connectivity index (χ2v) is 5.88. The van der Waals surface area contributed by atoms with Crippen LogP contribution in [0.3, 0.4) is 0 Å². The van der Waals surface area contributed by atoms with Gasteiger partial charge in [-0.2, -0.15) is 0 Å². The molecule has 3 heterocycles. The normalized spacial score (nSPS) is 27.3. The average molecular weight is 396 g/mol. The van der Waals surface area contributed by atoms with Crippen molar-refractivity contribution in [3.8, 4) is 0 Å². The Bertz CT molecular complexity index is 620. The summed E-state index contributed by atoms with van der Waals surface area (Å²) < 4.78 is 8.37. The number of rotatable bonds is 2. The molecule has 6 nitrogen and oxygen atoms in total. The summed E-state index contributed by atoms with van der Waals surface area (Å²) in [6.45, 7) is -0.205. The van der Waals surface area contributed by atoms with E-state index in [0.717, 1.165) is 8.96 Å². The number of hydrogen-bond acceptors (Lipinski definition) is 5. The second-order valence-electron chi connectivity index (χ2n) is 4.36. The summed E-state index contributed by atoms with van der Waals surface area (Å²) in [5.41, 5.74) is 0.667. The van der Waals surface area contributed by atoms with Gasteiger partial charge < -0.3 is 19.5 Å². The highest BCUT2D eigenvalue weighted by Gasteiger charge is 2.35. The number of ether oxygens (including phenoxy) is 1. The van der Waals surface area contributed by atoms with Crippen molar-refractivity contribution in [1.29, 1.82) is 0 Å². The number of halogens is 2. The fourth-order valence-corrected chi connectivity index (χ4v) is 3.46. The number of aliphatic hydroxyl groups is 2. The fourth-order valence-electron chi connectivity index (χ4n) is 2.27. The molecule has 2 N–H and O–H groups in total. The Labute approximate surface area is 127 Å². The Kier molecular flexibility index (Phi) is 3.65. The van der Waals surface area contributed by atoms with Crippen LogP contribution in [0.4, 0.5) is 0 Å². The summed E-state index contributed by atoms with van der Waals surface area (Å²) >= 11 is 8.23. The molecule has 0 radical (unpaired) electrons. The highest BCUT2D eigenvalue weighted by Crippen LogP contribution is 2.34. The summed E-state index contributed by atoms with van der Waals surface area (Å²) in [5.74, 6) is 0. The highest BCUT2D eigenvalue weighted by molar-refractivity contribution is 14.1. The monoisotopic (exact) mass is 395 g/mol. The summed E-state index contributed by atoms with van der Waals surface area (Å²) in [6.07, 6.45) is 2.07. The third-order valence-corrected chi connectivity index (χ3v) is 4.32. The molecule has 0 bridgehead atoms. The maximum Gasteiger partial charge on any atom is 0.148 e. The molecule has 1 aliphatic heterocycles. The van der Waals surface area contributed by atoms with E-state index in [4.69, 9.17) is 21.4 Å². The van der Waals surface area contributed by atoms with Gasteiger partial charge in [0.2, 0.25) is 0 Å². The molecule has 1 fully saturated rings. The molecule has 0 spiro atoms. The molecule has 2 aromatic heterocycles. The Balaban J connectivity index is 2.05. The van der Waals surface area contributed by atoms with Gasteiger partial charge in [0.05, 0.1) is 18.1 Å². The van der Waals surface area contributed by atoms with Crippen LogP contribution in [0.2, 0.25) is 5.15 Å². The number of nitrogens with zero attached hydrogens (tertiary/aromatic N) is 3. The van der Waals surface area contributed by atoms with Crippen molar-refractivity contribution < 1.29 is 14.9 Å². The van der Waals surface area contributed by atoms with Crippen LogP contribution in [0.5, 0.6) is 0 Å². The van der Waals surface area contributed by atoms with Crippen LogP contribution in [0.15, 0.2) is 12.5 Å². The average Bonchev–Trinajstić information content (AvgIpc) is 2.91. The maximum atomic E-state index is 9.80. The largest absolute Gasteiger partial charge is 0.394 e. The van der Waals surface area contributed by atoms with Gasteiger partial charge in [0.25, 0.3) is 0 Å². The molecule has 2 aromatic rings. The second kappa shape index (κ2) is 5.13. The van der Waals surface area contributed by atoms with E-state index >= 15 is 0 Å². The molecule has 3 rings (SSSR count). The Morgan fingerprint density at radius 2 is 2.32 bits per heavy atom. The molecule has 0 aromatic carbocycles. The van der Waals surface area contributed by atoms with Crippen molar-refractivity contribution in [2.75, 3.05) is 6.61 Å². The van der Waals surface area contributed by atoms with Gasteiger partial charge in [0.1, 0.15) is 29.5 Å². The van der Waals surface area contributed by atoms with Gasteiger partial charge in [0.15, 0.2) is 0 Å². The van der Waals surface area contributed by atoms with Gasteiger partial charge in [-0.3, -0.25) is 0 Å². The summed E-state index contributed by atoms with van der Waals surface area (Å²) in [5, 5.41) is 20.1. The Morgan fingerprint density at radius 1 is 1.53 bits per heavy atom. The van der Waals surface area contributed by atoms with Gasteiger partial charge in [-0.25, -0.2) is 9.97 Å². The van der Waals surface area contributed by atoms with E-state index in [0.29, 0.717) is 17.2 Å². The number of aromatic nitrogens is 3. The smallest absolute Gasteiger partial charge is 0.148 e. The standard InChI is InChI=1S/C11H11ClIN3O3/c12-10-9-5(13)2-16(11(9)15-4-14-10)8-1-6(18)7(3-17)19-8/h2,4,6-8,17-18H,1,3H2/t6-,7-,8-/m0/s1. The predicted molar refractivity (Wildman–Crippen MR) is 76.9 cm³/mol. The molecule has 8 heteroatoms. The van der Waals surface area contributed by atoms with Crippen LogP contribution in [0.25, 0.3) is 11.0 Å². The maximum absolute atomic E-state index is 9.80. The zero-order valence-corrected chi connectivity index (χ0v) is 12.6. The first-order chi connectivity index (χ1) is 9.11. The first-order valence-corrected chi connectivity index (χ1v) is 7.18. The minimum absolute atomic E-state index is 0.205. The lowest BCUT2D eigenvalue weighted by atomic mass is 10.2. The third kappa shape index (κ3) is 2.23. The minimum Gasteiger partial charge on any atom is -0.394 e. The van der Waals surface area contributed by atoms with Crippen molar-refractivity contribution in [1.82, 2.24) is 14.5 Å².